The van der Waals surface area contributed by atoms with Crippen molar-refractivity contribution in [2.45, 2.75) is 111 Å². The minimum Gasteiger partial charge on any atom is -0.492 e. The van der Waals surface area contributed by atoms with Crippen LogP contribution in [0.5, 0.6) is 17.2 Å². The summed E-state index contributed by atoms with van der Waals surface area (Å²) in [6.45, 7) is 15.9. The zero-order valence-electron chi connectivity index (χ0n) is 33.3. The molecule has 0 saturated carbocycles. The van der Waals surface area contributed by atoms with E-state index in [-0.39, 0.29) is 36.1 Å². The van der Waals surface area contributed by atoms with E-state index in [1.165, 1.54) is 7.11 Å². The van der Waals surface area contributed by atoms with Crippen LogP contribution in [0, 0.1) is 11.8 Å². The van der Waals surface area contributed by atoms with Crippen LogP contribution >= 0.6 is 0 Å². The van der Waals surface area contributed by atoms with Crippen LogP contribution < -0.4 is 25.3 Å². The Kier molecular flexibility index (Phi) is 16.9. The number of amides is 2. The van der Waals surface area contributed by atoms with Gasteiger partial charge in [-0.1, -0.05) is 68.5 Å². The first-order valence-corrected chi connectivity index (χ1v) is 18.3. The number of hydrogen-bond acceptors (Lipinski definition) is 9. The van der Waals surface area contributed by atoms with Crippen molar-refractivity contribution in [1.82, 2.24) is 0 Å². The molecule has 0 fully saturated rings. The minimum absolute atomic E-state index is 0.0121. The van der Waals surface area contributed by atoms with Gasteiger partial charge in [0.05, 0.1) is 43.8 Å². The number of allylic oxidation sites excluding steroid dienone is 2. The number of methoxy groups -OCH3 is 3. The standard InChI is InChI=1S/C42H60N2O9/c1-25(2)51-36-23-33-39(52-26(3)4)32(40(36)49-11)20-27(5)21-35(48-10)37(50-24-31-17-13-12-14-18-31)29(7)22-30(8)38(53-42(43)46)34(47-9)19-15-16-28(6)41(45)44-33/h12-19,22-23,25-27,29,34-35,37-38H,20-21,24H2,1-11H3,(H2,43,46)(H,44,45)/b19-15-,28-16+,30-22+/t27-,29+,34+,35+,37-,38+/m1/s1. The average molecular weight is 737 g/mol. The Hall–Kier alpha value is -4.32. The van der Waals surface area contributed by atoms with Gasteiger partial charge in [0.2, 0.25) is 0 Å². The van der Waals surface area contributed by atoms with Crippen molar-refractivity contribution in [3.8, 4) is 17.2 Å². The summed E-state index contributed by atoms with van der Waals surface area (Å²) in [6, 6.07) is 11.7. The van der Waals surface area contributed by atoms with Crippen LogP contribution in [-0.2, 0) is 36.8 Å². The number of carbonyl (C=O) groups excluding carboxylic acids is 2. The highest BCUT2D eigenvalue weighted by Gasteiger charge is 2.33. The van der Waals surface area contributed by atoms with E-state index in [0.717, 1.165) is 11.1 Å². The predicted octanol–water partition coefficient (Wildman–Crippen LogP) is 7.95. The summed E-state index contributed by atoms with van der Waals surface area (Å²) in [5.74, 6) is 1.02. The number of benzene rings is 2. The Morgan fingerprint density at radius 1 is 0.962 bits per heavy atom. The highest BCUT2D eigenvalue weighted by molar-refractivity contribution is 6.04. The maximum Gasteiger partial charge on any atom is 0.405 e. The van der Waals surface area contributed by atoms with Gasteiger partial charge in [-0.05, 0) is 71.4 Å². The second-order valence-electron chi connectivity index (χ2n) is 14.2. The molecule has 3 rings (SSSR count). The van der Waals surface area contributed by atoms with Crippen LogP contribution in [0.1, 0.15) is 72.9 Å². The number of fused-ring (bicyclic) bond motifs is 2. The molecule has 0 radical (unpaired) electrons. The Balaban J connectivity index is 2.27. The minimum atomic E-state index is -0.937. The van der Waals surface area contributed by atoms with Crippen molar-refractivity contribution in [1.29, 1.82) is 0 Å². The molecule has 0 unspecified atom stereocenters. The summed E-state index contributed by atoms with van der Waals surface area (Å²) < 4.78 is 43.0. The average Bonchev–Trinajstić information content (AvgIpc) is 3.09. The molecule has 0 spiro atoms. The van der Waals surface area contributed by atoms with Crippen molar-refractivity contribution in [2.24, 2.45) is 17.6 Å². The number of hydrogen-bond donors (Lipinski definition) is 2. The van der Waals surface area contributed by atoms with Gasteiger partial charge in [-0.25, -0.2) is 4.79 Å². The molecule has 2 bridgehead atoms. The molecule has 53 heavy (non-hydrogen) atoms. The molecule has 3 N–H and O–H groups in total. The number of ether oxygens (including phenoxy) is 7. The summed E-state index contributed by atoms with van der Waals surface area (Å²) in [6.07, 6.45) is 4.57. The van der Waals surface area contributed by atoms with Crippen molar-refractivity contribution in [3.05, 3.63) is 83.0 Å². The van der Waals surface area contributed by atoms with E-state index in [1.807, 2.05) is 71.0 Å². The van der Waals surface area contributed by atoms with E-state index >= 15 is 0 Å². The molecule has 0 saturated heterocycles. The summed E-state index contributed by atoms with van der Waals surface area (Å²) in [7, 11) is 4.82. The number of primary amides is 1. The van der Waals surface area contributed by atoms with Gasteiger partial charge >= 0.3 is 6.09 Å². The lowest BCUT2D eigenvalue weighted by molar-refractivity contribution is -0.112. The topological polar surface area (TPSA) is 137 Å². The zero-order chi connectivity index (χ0) is 39.2. The maximum atomic E-state index is 13.7. The molecule has 2 aromatic carbocycles. The normalized spacial score (nSPS) is 25.8. The maximum absolute atomic E-state index is 13.7. The van der Waals surface area contributed by atoms with Gasteiger partial charge in [0.1, 0.15) is 11.9 Å². The summed E-state index contributed by atoms with van der Waals surface area (Å²) in [5.41, 5.74) is 8.94. The molecule has 1 aliphatic rings. The molecule has 0 aliphatic carbocycles. The van der Waals surface area contributed by atoms with Gasteiger partial charge < -0.3 is 44.2 Å². The Bertz CT molecular complexity index is 1580. The van der Waals surface area contributed by atoms with Crippen LogP contribution in [0.15, 0.2) is 71.8 Å². The molecule has 1 aliphatic heterocycles. The fraction of sp³-hybridized carbons (Fsp3) is 0.524. The highest BCUT2D eigenvalue weighted by atomic mass is 16.6. The second-order valence-corrected chi connectivity index (χ2v) is 14.2. The van der Waals surface area contributed by atoms with Crippen LogP contribution in [0.3, 0.4) is 0 Å². The third kappa shape index (κ3) is 12.7. The van der Waals surface area contributed by atoms with Crippen molar-refractivity contribution >= 4 is 17.7 Å². The largest absolute Gasteiger partial charge is 0.492 e. The Morgan fingerprint density at radius 2 is 1.64 bits per heavy atom. The molecular weight excluding hydrogens is 676 g/mol. The van der Waals surface area contributed by atoms with Crippen molar-refractivity contribution in [2.75, 3.05) is 26.6 Å². The Labute approximate surface area is 315 Å². The van der Waals surface area contributed by atoms with Gasteiger partial charge in [0, 0.05) is 37.3 Å². The van der Waals surface area contributed by atoms with Crippen LogP contribution in [-0.4, -0.2) is 70.0 Å². The van der Waals surface area contributed by atoms with Crippen LogP contribution in [0.25, 0.3) is 0 Å². The summed E-state index contributed by atoms with van der Waals surface area (Å²) in [4.78, 5) is 25.8. The quantitative estimate of drug-likeness (QED) is 0.220. The van der Waals surface area contributed by atoms with Crippen molar-refractivity contribution < 1.29 is 42.7 Å². The number of nitrogens with one attached hydrogen (secondary N) is 1. The SMILES string of the molecule is COc1c(OC(C)C)cc2c(OC(C)C)c1C[C@@H](C)C[C@H](OC)[C@H](OCc1ccccc1)[C@@H](C)/C=C(\C)[C@H](OC(N)=O)[C@@H](OC)/C=C\C=C(/C)C(=O)N2. The van der Waals surface area contributed by atoms with E-state index in [0.29, 0.717) is 53.5 Å². The van der Waals surface area contributed by atoms with E-state index in [2.05, 4.69) is 19.2 Å². The lowest BCUT2D eigenvalue weighted by Crippen LogP contribution is -2.38. The first-order chi connectivity index (χ1) is 25.2. The van der Waals surface area contributed by atoms with Crippen LogP contribution in [0.4, 0.5) is 10.5 Å². The molecule has 11 heteroatoms. The predicted molar refractivity (Wildman–Crippen MR) is 208 cm³/mol. The van der Waals surface area contributed by atoms with Gasteiger partial charge in [-0.2, -0.15) is 0 Å². The first kappa shape index (κ1) is 43.1. The van der Waals surface area contributed by atoms with Gasteiger partial charge in [-0.15, -0.1) is 0 Å². The second kappa shape index (κ2) is 20.8. The summed E-state index contributed by atoms with van der Waals surface area (Å²) in [5, 5.41) is 3.06. The number of nitrogens with two attached hydrogens (primary N) is 1. The zero-order valence-corrected chi connectivity index (χ0v) is 33.3. The number of carbonyl (C=O) groups is 2. The number of rotatable bonds is 11. The number of anilines is 1. The fourth-order valence-corrected chi connectivity index (χ4v) is 6.51. The molecule has 292 valence electrons. The molecular formula is C42H60N2O9. The summed E-state index contributed by atoms with van der Waals surface area (Å²) >= 11 is 0. The van der Waals surface area contributed by atoms with Gasteiger partial charge in [0.25, 0.3) is 5.91 Å². The van der Waals surface area contributed by atoms with Crippen molar-refractivity contribution in [3.63, 3.8) is 0 Å². The smallest absolute Gasteiger partial charge is 0.405 e. The molecule has 0 aromatic heterocycles. The lowest BCUT2D eigenvalue weighted by Gasteiger charge is -2.33. The first-order valence-electron chi connectivity index (χ1n) is 18.3. The van der Waals surface area contributed by atoms with Gasteiger partial charge in [-0.3, -0.25) is 4.79 Å². The van der Waals surface area contributed by atoms with E-state index in [1.54, 1.807) is 45.4 Å². The van der Waals surface area contributed by atoms with E-state index in [4.69, 9.17) is 38.9 Å². The molecule has 2 aromatic rings. The van der Waals surface area contributed by atoms with E-state index in [9.17, 15) is 9.59 Å². The molecule has 2 amide bonds. The van der Waals surface area contributed by atoms with Gasteiger partial charge in [0.15, 0.2) is 17.6 Å². The van der Waals surface area contributed by atoms with Crippen LogP contribution in [0.2, 0.25) is 0 Å². The third-order valence-electron chi connectivity index (χ3n) is 8.91. The van der Waals surface area contributed by atoms with E-state index < -0.39 is 24.4 Å². The molecule has 1 heterocycles. The highest BCUT2D eigenvalue weighted by Crippen LogP contribution is 2.46. The fourth-order valence-electron chi connectivity index (χ4n) is 6.51. The third-order valence-corrected chi connectivity index (χ3v) is 8.91. The molecule has 11 nitrogen and oxygen atoms in total. The Morgan fingerprint density at radius 3 is 2.23 bits per heavy atom. The molecule has 6 atom stereocenters. The monoisotopic (exact) mass is 736 g/mol. The lowest BCUT2D eigenvalue weighted by atomic mass is 9.87.